The molecule has 0 saturated heterocycles. The lowest BCUT2D eigenvalue weighted by molar-refractivity contribution is -0.141. The maximum absolute atomic E-state index is 12.3. The number of fused-ring (bicyclic) bond motifs is 1. The Morgan fingerprint density at radius 1 is 1.50 bits per heavy atom. The SMILES string of the molecule is CCOC(=O)C1=C(N)Oc2ccc(OC)cc2C1C(C#N)C(=O)O. The Morgan fingerprint density at radius 3 is 2.75 bits per heavy atom. The second kappa shape index (κ2) is 6.91. The Morgan fingerprint density at radius 2 is 2.21 bits per heavy atom. The Bertz CT molecular complexity index is 749. The average Bonchev–Trinajstić information content (AvgIpc) is 2.54. The van der Waals surface area contributed by atoms with Gasteiger partial charge in [-0.3, -0.25) is 4.79 Å². The molecule has 0 spiro atoms. The fraction of sp³-hybridized carbons (Fsp3) is 0.312. The molecule has 24 heavy (non-hydrogen) atoms. The fourth-order valence-corrected chi connectivity index (χ4v) is 2.53. The summed E-state index contributed by atoms with van der Waals surface area (Å²) in [5.41, 5.74) is 5.93. The van der Waals surface area contributed by atoms with Crippen molar-refractivity contribution in [2.45, 2.75) is 12.8 Å². The molecule has 3 N–H and O–H groups in total. The maximum Gasteiger partial charge on any atom is 0.340 e. The van der Waals surface area contributed by atoms with Crippen molar-refractivity contribution in [1.82, 2.24) is 0 Å². The number of carbonyl (C=O) groups is 2. The number of methoxy groups -OCH3 is 1. The number of rotatable bonds is 5. The van der Waals surface area contributed by atoms with E-state index in [-0.39, 0.29) is 23.8 Å². The minimum absolute atomic E-state index is 0.0671. The molecular formula is C16H16N2O6. The molecule has 0 radical (unpaired) electrons. The van der Waals surface area contributed by atoms with Gasteiger partial charge in [-0.1, -0.05) is 0 Å². The molecule has 0 bridgehead atoms. The van der Waals surface area contributed by atoms with Gasteiger partial charge in [0.05, 0.1) is 25.7 Å². The molecule has 1 aromatic rings. The smallest absolute Gasteiger partial charge is 0.340 e. The van der Waals surface area contributed by atoms with E-state index in [1.165, 1.54) is 19.2 Å². The van der Waals surface area contributed by atoms with Crippen LogP contribution in [0.4, 0.5) is 0 Å². The largest absolute Gasteiger partial charge is 0.497 e. The number of hydrogen-bond donors (Lipinski definition) is 2. The first-order valence-corrected chi connectivity index (χ1v) is 7.09. The lowest BCUT2D eigenvalue weighted by Crippen LogP contribution is -2.33. The molecule has 0 aromatic heterocycles. The van der Waals surface area contributed by atoms with Gasteiger partial charge in [-0.15, -0.1) is 0 Å². The molecule has 1 aliphatic rings. The van der Waals surface area contributed by atoms with Crippen LogP contribution in [0, 0.1) is 17.2 Å². The zero-order chi connectivity index (χ0) is 17.9. The fourth-order valence-electron chi connectivity index (χ4n) is 2.53. The summed E-state index contributed by atoms with van der Waals surface area (Å²) in [5, 5.41) is 18.7. The van der Waals surface area contributed by atoms with Crippen molar-refractivity contribution in [2.75, 3.05) is 13.7 Å². The molecular weight excluding hydrogens is 316 g/mol. The molecule has 1 aliphatic heterocycles. The zero-order valence-corrected chi connectivity index (χ0v) is 13.1. The van der Waals surface area contributed by atoms with Crippen LogP contribution in [0.15, 0.2) is 29.7 Å². The third kappa shape index (κ3) is 2.96. The van der Waals surface area contributed by atoms with Crippen LogP contribution in [0.1, 0.15) is 18.4 Å². The monoisotopic (exact) mass is 332 g/mol. The number of nitriles is 1. The summed E-state index contributed by atoms with van der Waals surface area (Å²) in [6.45, 7) is 1.67. The lowest BCUT2D eigenvalue weighted by atomic mass is 9.79. The summed E-state index contributed by atoms with van der Waals surface area (Å²) in [7, 11) is 1.44. The van der Waals surface area contributed by atoms with Crippen molar-refractivity contribution in [3.05, 3.63) is 35.2 Å². The van der Waals surface area contributed by atoms with Crippen molar-refractivity contribution >= 4 is 11.9 Å². The molecule has 8 heteroatoms. The Balaban J connectivity index is 2.67. The average molecular weight is 332 g/mol. The van der Waals surface area contributed by atoms with Gasteiger partial charge < -0.3 is 25.1 Å². The van der Waals surface area contributed by atoms with Gasteiger partial charge in [0.1, 0.15) is 17.1 Å². The molecule has 126 valence electrons. The van der Waals surface area contributed by atoms with Gasteiger partial charge in [-0.2, -0.15) is 5.26 Å². The van der Waals surface area contributed by atoms with Gasteiger partial charge in [-0.05, 0) is 25.1 Å². The van der Waals surface area contributed by atoms with Crippen LogP contribution in [0.5, 0.6) is 11.5 Å². The van der Waals surface area contributed by atoms with Crippen LogP contribution in [-0.2, 0) is 14.3 Å². The number of nitrogens with two attached hydrogens (primary N) is 1. The third-order valence-corrected chi connectivity index (χ3v) is 3.58. The maximum atomic E-state index is 12.3. The topological polar surface area (TPSA) is 132 Å². The number of hydrogen-bond acceptors (Lipinski definition) is 7. The number of carbonyl (C=O) groups excluding carboxylic acids is 1. The van der Waals surface area contributed by atoms with E-state index in [9.17, 15) is 20.0 Å². The van der Waals surface area contributed by atoms with Gasteiger partial charge in [0.15, 0.2) is 5.92 Å². The van der Waals surface area contributed by atoms with E-state index < -0.39 is 23.8 Å². The second-order valence-corrected chi connectivity index (χ2v) is 4.93. The molecule has 2 rings (SSSR count). The lowest BCUT2D eigenvalue weighted by Gasteiger charge is -2.29. The standard InChI is InChI=1S/C16H16N2O6/c1-3-23-16(21)13-12(10(7-17)15(19)20)9-6-8(22-2)4-5-11(9)24-14(13)18/h4-6,10,12H,3,18H2,1-2H3,(H,19,20). The van der Waals surface area contributed by atoms with Crippen LogP contribution in [0.3, 0.4) is 0 Å². The first-order chi connectivity index (χ1) is 11.4. The van der Waals surface area contributed by atoms with Crippen molar-refractivity contribution in [1.29, 1.82) is 5.26 Å². The number of esters is 1. The third-order valence-electron chi connectivity index (χ3n) is 3.58. The predicted molar refractivity (Wildman–Crippen MR) is 80.9 cm³/mol. The van der Waals surface area contributed by atoms with Crippen molar-refractivity contribution < 1.29 is 28.9 Å². The highest BCUT2D eigenvalue weighted by Gasteiger charge is 2.42. The minimum Gasteiger partial charge on any atom is -0.497 e. The first kappa shape index (κ1) is 17.1. The Labute approximate surface area is 138 Å². The summed E-state index contributed by atoms with van der Waals surface area (Å²) in [6.07, 6.45) is 0. The molecule has 0 amide bonds. The second-order valence-electron chi connectivity index (χ2n) is 4.93. The summed E-state index contributed by atoms with van der Waals surface area (Å²) < 4.78 is 15.5. The van der Waals surface area contributed by atoms with Gasteiger partial charge in [-0.25, -0.2) is 4.79 Å². The van der Waals surface area contributed by atoms with Gasteiger partial charge in [0.2, 0.25) is 5.88 Å². The number of ether oxygens (including phenoxy) is 3. The van der Waals surface area contributed by atoms with E-state index in [2.05, 4.69) is 0 Å². The highest BCUT2D eigenvalue weighted by molar-refractivity contribution is 5.93. The number of nitrogens with zero attached hydrogens (tertiary/aromatic N) is 1. The quantitative estimate of drug-likeness (QED) is 0.767. The molecule has 1 aromatic carbocycles. The molecule has 2 unspecified atom stereocenters. The van der Waals surface area contributed by atoms with Crippen molar-refractivity contribution in [2.24, 2.45) is 11.7 Å². The number of aliphatic carboxylic acids is 1. The van der Waals surface area contributed by atoms with Gasteiger partial charge in [0.25, 0.3) is 0 Å². The van der Waals surface area contributed by atoms with E-state index in [1.54, 1.807) is 19.1 Å². The van der Waals surface area contributed by atoms with E-state index in [4.69, 9.17) is 19.9 Å². The Hall–Kier alpha value is -3.21. The zero-order valence-electron chi connectivity index (χ0n) is 13.1. The minimum atomic E-state index is -1.54. The van der Waals surface area contributed by atoms with E-state index in [0.29, 0.717) is 11.3 Å². The number of carboxylic acid groups (broad SMARTS) is 1. The first-order valence-electron chi connectivity index (χ1n) is 7.09. The highest BCUT2D eigenvalue weighted by Crippen LogP contribution is 2.44. The summed E-state index contributed by atoms with van der Waals surface area (Å²) >= 11 is 0. The van der Waals surface area contributed by atoms with E-state index >= 15 is 0 Å². The molecule has 0 saturated carbocycles. The highest BCUT2D eigenvalue weighted by atomic mass is 16.5. The van der Waals surface area contributed by atoms with E-state index in [0.717, 1.165) is 0 Å². The summed E-state index contributed by atoms with van der Waals surface area (Å²) in [6, 6.07) is 6.35. The number of benzene rings is 1. The molecule has 0 aliphatic carbocycles. The van der Waals surface area contributed by atoms with Gasteiger partial charge in [0, 0.05) is 5.56 Å². The van der Waals surface area contributed by atoms with Crippen LogP contribution >= 0.6 is 0 Å². The Kier molecular flexibility index (Phi) is 4.94. The van der Waals surface area contributed by atoms with Crippen LogP contribution in [-0.4, -0.2) is 30.8 Å². The van der Waals surface area contributed by atoms with Gasteiger partial charge >= 0.3 is 11.9 Å². The van der Waals surface area contributed by atoms with Crippen molar-refractivity contribution in [3.63, 3.8) is 0 Å². The summed E-state index contributed by atoms with van der Waals surface area (Å²) in [5.74, 6) is -4.48. The normalized spacial score (nSPS) is 17.1. The van der Waals surface area contributed by atoms with Crippen LogP contribution in [0.2, 0.25) is 0 Å². The van der Waals surface area contributed by atoms with Crippen LogP contribution < -0.4 is 15.2 Å². The number of carboxylic acids is 1. The predicted octanol–water partition coefficient (Wildman–Crippen LogP) is 1.13. The van der Waals surface area contributed by atoms with Crippen LogP contribution in [0.25, 0.3) is 0 Å². The molecule has 2 atom stereocenters. The van der Waals surface area contributed by atoms with Crippen molar-refractivity contribution in [3.8, 4) is 17.6 Å². The molecule has 8 nitrogen and oxygen atoms in total. The molecule has 1 heterocycles. The van der Waals surface area contributed by atoms with E-state index in [1.807, 2.05) is 0 Å². The molecule has 0 fully saturated rings. The summed E-state index contributed by atoms with van der Waals surface area (Å²) in [4.78, 5) is 23.8.